The van der Waals surface area contributed by atoms with E-state index >= 15 is 0 Å². The summed E-state index contributed by atoms with van der Waals surface area (Å²) in [5, 5.41) is 4.34. The third kappa shape index (κ3) is 3.19. The van der Waals surface area contributed by atoms with Crippen LogP contribution >= 0.6 is 11.8 Å². The Morgan fingerprint density at radius 3 is 3.37 bits per heavy atom. The zero-order valence-electron chi connectivity index (χ0n) is 11.2. The lowest BCUT2D eigenvalue weighted by molar-refractivity contribution is -0.0416. The number of thioether (sulfide) groups is 1. The topological polar surface area (TPSA) is 50.3 Å². The average Bonchev–Trinajstić information content (AvgIpc) is 2.93. The fourth-order valence-electron chi connectivity index (χ4n) is 2.78. The van der Waals surface area contributed by atoms with Crippen molar-refractivity contribution in [2.75, 3.05) is 37.8 Å². The molecule has 5 nitrogen and oxygen atoms in total. The second kappa shape index (κ2) is 6.07. The molecule has 2 aliphatic rings. The van der Waals surface area contributed by atoms with E-state index in [2.05, 4.69) is 20.2 Å². The smallest absolute Gasteiger partial charge is 0.130 e. The molecule has 1 aromatic heterocycles. The van der Waals surface area contributed by atoms with Gasteiger partial charge in [0.15, 0.2) is 0 Å². The summed E-state index contributed by atoms with van der Waals surface area (Å²) < 4.78 is 5.92. The average molecular weight is 280 g/mol. The number of hydrogen-bond donors (Lipinski definition) is 1. The van der Waals surface area contributed by atoms with Gasteiger partial charge in [0.1, 0.15) is 17.2 Å². The van der Waals surface area contributed by atoms with Crippen molar-refractivity contribution in [3.8, 4) is 0 Å². The summed E-state index contributed by atoms with van der Waals surface area (Å²) in [5.74, 6) is 0.881. The van der Waals surface area contributed by atoms with Crippen LogP contribution in [-0.4, -0.2) is 59.5 Å². The summed E-state index contributed by atoms with van der Waals surface area (Å²) in [6.45, 7) is 3.97. The van der Waals surface area contributed by atoms with Crippen LogP contribution in [0.3, 0.4) is 0 Å². The minimum Gasteiger partial charge on any atom is -0.373 e. The first kappa shape index (κ1) is 13.1. The molecular weight excluding hydrogens is 260 g/mol. The highest BCUT2D eigenvalue weighted by molar-refractivity contribution is 7.98. The van der Waals surface area contributed by atoms with Crippen molar-refractivity contribution in [3.05, 3.63) is 12.4 Å². The van der Waals surface area contributed by atoms with Gasteiger partial charge in [-0.25, -0.2) is 9.97 Å². The van der Waals surface area contributed by atoms with Crippen LogP contribution < -0.4 is 5.32 Å². The van der Waals surface area contributed by atoms with Gasteiger partial charge in [0.2, 0.25) is 0 Å². The van der Waals surface area contributed by atoms with Gasteiger partial charge in [-0.2, -0.15) is 0 Å². The Hall–Kier alpha value is -0.850. The van der Waals surface area contributed by atoms with Crippen LogP contribution in [0, 0.1) is 0 Å². The summed E-state index contributed by atoms with van der Waals surface area (Å²) in [6, 6.07) is 2.64. The van der Waals surface area contributed by atoms with E-state index in [4.69, 9.17) is 4.74 Å². The van der Waals surface area contributed by atoms with Crippen molar-refractivity contribution in [3.63, 3.8) is 0 Å². The standard InChI is InChI=1S/C13H20N4OS/c1-19-13-5-12(15-9-16-13)14-6-11-7-17-4-2-3-10(17)8-18-11/h5,9-11H,2-4,6-8H2,1H3,(H,14,15,16). The number of aromatic nitrogens is 2. The van der Waals surface area contributed by atoms with Gasteiger partial charge >= 0.3 is 0 Å². The summed E-state index contributed by atoms with van der Waals surface area (Å²) >= 11 is 1.63. The predicted molar refractivity (Wildman–Crippen MR) is 76.6 cm³/mol. The lowest BCUT2D eigenvalue weighted by atomic mass is 10.2. The molecule has 104 valence electrons. The van der Waals surface area contributed by atoms with Crippen LogP contribution in [0.1, 0.15) is 12.8 Å². The van der Waals surface area contributed by atoms with E-state index in [0.29, 0.717) is 6.04 Å². The van der Waals surface area contributed by atoms with Gasteiger partial charge in [0.05, 0.1) is 12.7 Å². The number of ether oxygens (including phenoxy) is 1. The summed E-state index contributed by atoms with van der Waals surface area (Å²) in [5.41, 5.74) is 0. The molecule has 0 radical (unpaired) electrons. The monoisotopic (exact) mass is 280 g/mol. The molecule has 0 bridgehead atoms. The van der Waals surface area contributed by atoms with Crippen LogP contribution in [-0.2, 0) is 4.74 Å². The van der Waals surface area contributed by atoms with Crippen LogP contribution in [0.2, 0.25) is 0 Å². The zero-order valence-corrected chi connectivity index (χ0v) is 12.0. The number of fused-ring (bicyclic) bond motifs is 1. The Labute approximate surface area is 118 Å². The van der Waals surface area contributed by atoms with Crippen LogP contribution in [0.25, 0.3) is 0 Å². The highest BCUT2D eigenvalue weighted by atomic mass is 32.2. The number of nitrogens with one attached hydrogen (secondary N) is 1. The molecule has 2 unspecified atom stereocenters. The van der Waals surface area contributed by atoms with E-state index in [0.717, 1.165) is 30.5 Å². The largest absolute Gasteiger partial charge is 0.373 e. The third-order valence-electron chi connectivity index (χ3n) is 3.82. The highest BCUT2D eigenvalue weighted by Crippen LogP contribution is 2.22. The third-order valence-corrected chi connectivity index (χ3v) is 4.47. The van der Waals surface area contributed by atoms with Crippen molar-refractivity contribution in [1.82, 2.24) is 14.9 Å². The maximum atomic E-state index is 5.92. The quantitative estimate of drug-likeness (QED) is 0.666. The SMILES string of the molecule is CSc1cc(NCC2CN3CCCC3CO2)ncn1. The van der Waals surface area contributed by atoms with Gasteiger partial charge < -0.3 is 10.1 Å². The number of morpholine rings is 1. The highest BCUT2D eigenvalue weighted by Gasteiger charge is 2.31. The molecular formula is C13H20N4OS. The number of nitrogens with zero attached hydrogens (tertiary/aromatic N) is 3. The molecule has 2 aliphatic heterocycles. The lowest BCUT2D eigenvalue weighted by Gasteiger charge is -2.35. The molecule has 6 heteroatoms. The van der Waals surface area contributed by atoms with Gasteiger partial charge in [0, 0.05) is 25.2 Å². The first-order valence-electron chi connectivity index (χ1n) is 6.80. The molecule has 0 aliphatic carbocycles. The van der Waals surface area contributed by atoms with E-state index in [1.807, 2.05) is 12.3 Å². The molecule has 2 atom stereocenters. The summed E-state index contributed by atoms with van der Waals surface area (Å²) in [6.07, 6.45) is 6.50. The van der Waals surface area contributed by atoms with E-state index in [-0.39, 0.29) is 6.10 Å². The molecule has 1 aromatic rings. The van der Waals surface area contributed by atoms with Crippen molar-refractivity contribution >= 4 is 17.6 Å². The maximum absolute atomic E-state index is 5.92. The first-order valence-corrected chi connectivity index (χ1v) is 8.03. The fourth-order valence-corrected chi connectivity index (χ4v) is 3.16. The number of anilines is 1. The molecule has 1 N–H and O–H groups in total. The minimum atomic E-state index is 0.266. The van der Waals surface area contributed by atoms with Gasteiger partial charge in [-0.3, -0.25) is 4.90 Å². The first-order chi connectivity index (χ1) is 9.35. The van der Waals surface area contributed by atoms with E-state index < -0.39 is 0 Å². The van der Waals surface area contributed by atoms with Crippen LogP contribution in [0.5, 0.6) is 0 Å². The Kier molecular flexibility index (Phi) is 4.20. The van der Waals surface area contributed by atoms with E-state index in [1.165, 1.54) is 19.4 Å². The Morgan fingerprint density at radius 2 is 2.47 bits per heavy atom. The number of rotatable bonds is 4. The van der Waals surface area contributed by atoms with Crippen molar-refractivity contribution < 1.29 is 4.74 Å². The Bertz CT molecular complexity index is 431. The van der Waals surface area contributed by atoms with Crippen LogP contribution in [0.15, 0.2) is 17.4 Å². The lowest BCUT2D eigenvalue weighted by Crippen LogP contribution is -2.48. The zero-order chi connectivity index (χ0) is 13.1. The molecule has 0 aromatic carbocycles. The maximum Gasteiger partial charge on any atom is 0.130 e. The predicted octanol–water partition coefficient (Wildman–Crippen LogP) is 1.47. The Balaban J connectivity index is 1.51. The molecule has 2 fully saturated rings. The molecule has 2 saturated heterocycles. The number of hydrogen-bond acceptors (Lipinski definition) is 6. The van der Waals surface area contributed by atoms with Crippen LogP contribution in [0.4, 0.5) is 5.82 Å². The molecule has 19 heavy (non-hydrogen) atoms. The summed E-state index contributed by atoms with van der Waals surface area (Å²) in [7, 11) is 0. The fraction of sp³-hybridized carbons (Fsp3) is 0.692. The van der Waals surface area contributed by atoms with Crippen molar-refractivity contribution in [2.24, 2.45) is 0 Å². The second-order valence-corrected chi connectivity index (χ2v) is 5.90. The van der Waals surface area contributed by atoms with Gasteiger partial charge in [-0.05, 0) is 25.6 Å². The van der Waals surface area contributed by atoms with Gasteiger partial charge in [-0.1, -0.05) is 0 Å². The second-order valence-electron chi connectivity index (χ2n) is 5.07. The summed E-state index contributed by atoms with van der Waals surface area (Å²) in [4.78, 5) is 11.0. The molecule has 3 rings (SSSR count). The van der Waals surface area contributed by atoms with E-state index in [1.54, 1.807) is 18.1 Å². The van der Waals surface area contributed by atoms with E-state index in [9.17, 15) is 0 Å². The normalized spacial score (nSPS) is 27.2. The Morgan fingerprint density at radius 1 is 1.53 bits per heavy atom. The van der Waals surface area contributed by atoms with Gasteiger partial charge in [0.25, 0.3) is 0 Å². The van der Waals surface area contributed by atoms with Crippen molar-refractivity contribution in [2.45, 2.75) is 30.0 Å². The minimum absolute atomic E-state index is 0.266. The van der Waals surface area contributed by atoms with Gasteiger partial charge in [-0.15, -0.1) is 11.8 Å². The molecule has 0 amide bonds. The molecule has 0 spiro atoms. The molecule has 3 heterocycles. The van der Waals surface area contributed by atoms with Crippen molar-refractivity contribution in [1.29, 1.82) is 0 Å². The molecule has 0 saturated carbocycles.